The Morgan fingerprint density at radius 1 is 0.902 bits per heavy atom. The molecule has 2 N–H and O–H groups in total. The van der Waals surface area contributed by atoms with Gasteiger partial charge in [0.05, 0.1) is 13.4 Å². The molecule has 216 valence electrons. The number of carbonyl (C=O) groups is 2. The fraction of sp³-hybridized carbons (Fsp3) is 0.355. The van der Waals surface area contributed by atoms with Gasteiger partial charge in [0.2, 0.25) is 15.9 Å². The molecule has 9 nitrogen and oxygen atoms in total. The summed E-state index contributed by atoms with van der Waals surface area (Å²) in [6, 6.07) is 18.9. The van der Waals surface area contributed by atoms with Crippen LogP contribution in [-0.2, 0) is 21.4 Å². The zero-order valence-corrected chi connectivity index (χ0v) is 24.5. The lowest BCUT2D eigenvalue weighted by Crippen LogP contribution is -2.47. The van der Waals surface area contributed by atoms with Gasteiger partial charge in [-0.1, -0.05) is 24.3 Å². The number of sulfonamides is 1. The molecule has 1 saturated carbocycles. The minimum absolute atomic E-state index is 0.0731. The molecular weight excluding hydrogens is 540 g/mol. The van der Waals surface area contributed by atoms with Crippen molar-refractivity contribution in [2.24, 2.45) is 5.92 Å². The van der Waals surface area contributed by atoms with Crippen LogP contribution in [0.25, 0.3) is 11.1 Å². The second kappa shape index (κ2) is 12.0. The molecular formula is C31H36N4O5S. The highest BCUT2D eigenvalue weighted by molar-refractivity contribution is 7.88. The first kappa shape index (κ1) is 28.8. The van der Waals surface area contributed by atoms with Gasteiger partial charge in [0, 0.05) is 67.2 Å². The molecule has 41 heavy (non-hydrogen) atoms. The molecule has 3 aromatic rings. The van der Waals surface area contributed by atoms with Gasteiger partial charge in [-0.3, -0.25) is 14.5 Å². The minimum Gasteiger partial charge on any atom is -0.496 e. The summed E-state index contributed by atoms with van der Waals surface area (Å²) in [5.41, 5.74) is 5.93. The van der Waals surface area contributed by atoms with Crippen molar-refractivity contribution in [2.45, 2.75) is 26.3 Å². The number of piperazine rings is 1. The number of nitrogens with zero attached hydrogens (tertiary/aromatic N) is 2. The van der Waals surface area contributed by atoms with E-state index in [4.69, 9.17) is 4.74 Å². The van der Waals surface area contributed by atoms with Crippen LogP contribution < -0.4 is 15.4 Å². The number of carbonyl (C=O) groups excluding carboxylic acids is 2. The molecule has 0 unspecified atom stereocenters. The fourth-order valence-electron chi connectivity index (χ4n) is 5.02. The topological polar surface area (TPSA) is 108 Å². The van der Waals surface area contributed by atoms with Crippen LogP contribution in [0.2, 0.25) is 0 Å². The van der Waals surface area contributed by atoms with Crippen LogP contribution in [-0.4, -0.2) is 69.0 Å². The number of nitrogens with one attached hydrogen (secondary N) is 2. The number of hydrogen-bond acceptors (Lipinski definition) is 6. The van der Waals surface area contributed by atoms with Crippen LogP contribution in [0.15, 0.2) is 60.7 Å². The Morgan fingerprint density at radius 3 is 2.20 bits per heavy atom. The first-order valence-electron chi connectivity index (χ1n) is 13.8. The Hall–Kier alpha value is -3.73. The van der Waals surface area contributed by atoms with Crippen LogP contribution >= 0.6 is 0 Å². The lowest BCUT2D eigenvalue weighted by molar-refractivity contribution is -0.117. The molecule has 10 heteroatoms. The highest BCUT2D eigenvalue weighted by atomic mass is 32.2. The average molecular weight is 577 g/mol. The maximum Gasteiger partial charge on any atom is 0.255 e. The molecule has 0 spiro atoms. The summed E-state index contributed by atoms with van der Waals surface area (Å²) in [4.78, 5) is 27.4. The number of hydrogen-bond donors (Lipinski definition) is 2. The average Bonchev–Trinajstić information content (AvgIpc) is 3.81. The van der Waals surface area contributed by atoms with Gasteiger partial charge in [0.1, 0.15) is 5.75 Å². The zero-order valence-electron chi connectivity index (χ0n) is 23.6. The van der Waals surface area contributed by atoms with E-state index in [0.717, 1.165) is 40.8 Å². The van der Waals surface area contributed by atoms with Gasteiger partial charge in [-0.05, 0) is 66.8 Å². The maximum atomic E-state index is 13.0. The predicted octanol–water partition coefficient (Wildman–Crippen LogP) is 4.35. The summed E-state index contributed by atoms with van der Waals surface area (Å²) in [6.45, 7) is 4.87. The van der Waals surface area contributed by atoms with Crippen molar-refractivity contribution in [3.63, 3.8) is 0 Å². The third-order valence-corrected chi connectivity index (χ3v) is 8.95. The fourth-order valence-corrected chi connectivity index (χ4v) is 5.84. The van der Waals surface area contributed by atoms with Crippen molar-refractivity contribution in [1.82, 2.24) is 9.21 Å². The van der Waals surface area contributed by atoms with Gasteiger partial charge in [0.15, 0.2) is 0 Å². The monoisotopic (exact) mass is 576 g/mol. The van der Waals surface area contributed by atoms with Crippen LogP contribution in [0.4, 0.5) is 11.4 Å². The summed E-state index contributed by atoms with van der Waals surface area (Å²) < 4.78 is 30.7. The number of aryl methyl sites for hydroxylation is 1. The lowest BCUT2D eigenvalue weighted by Gasteiger charge is -2.33. The summed E-state index contributed by atoms with van der Waals surface area (Å²) in [5, 5.41) is 5.95. The van der Waals surface area contributed by atoms with E-state index in [9.17, 15) is 18.0 Å². The van der Waals surface area contributed by atoms with Gasteiger partial charge in [-0.25, -0.2) is 8.42 Å². The Bertz CT molecular complexity index is 1540. The van der Waals surface area contributed by atoms with Gasteiger partial charge in [-0.2, -0.15) is 4.31 Å². The van der Waals surface area contributed by atoms with Crippen molar-refractivity contribution in [2.75, 3.05) is 50.2 Å². The first-order chi connectivity index (χ1) is 19.6. The number of rotatable bonds is 9. The first-order valence-corrected chi connectivity index (χ1v) is 15.6. The number of amides is 2. The number of methoxy groups -OCH3 is 1. The Balaban J connectivity index is 1.22. The van der Waals surface area contributed by atoms with E-state index in [-0.39, 0.29) is 17.7 Å². The molecule has 2 fully saturated rings. The summed E-state index contributed by atoms with van der Waals surface area (Å²) in [7, 11) is -1.58. The second-order valence-corrected chi connectivity index (χ2v) is 12.8. The van der Waals surface area contributed by atoms with E-state index >= 15 is 0 Å². The van der Waals surface area contributed by atoms with E-state index in [1.165, 1.54) is 10.6 Å². The molecule has 1 saturated heterocycles. The quantitative estimate of drug-likeness (QED) is 0.392. The maximum absolute atomic E-state index is 13.0. The normalized spacial score (nSPS) is 16.3. The van der Waals surface area contributed by atoms with Gasteiger partial charge in [-0.15, -0.1) is 0 Å². The number of benzene rings is 3. The third kappa shape index (κ3) is 7.13. The minimum atomic E-state index is -3.17. The molecule has 1 aliphatic carbocycles. The van der Waals surface area contributed by atoms with E-state index in [1.54, 1.807) is 25.3 Å². The van der Waals surface area contributed by atoms with E-state index in [0.29, 0.717) is 49.7 Å². The summed E-state index contributed by atoms with van der Waals surface area (Å²) >= 11 is 0. The molecule has 0 bridgehead atoms. The third-order valence-electron chi connectivity index (χ3n) is 7.65. The molecule has 1 heterocycles. The van der Waals surface area contributed by atoms with Crippen molar-refractivity contribution in [1.29, 1.82) is 0 Å². The number of anilines is 2. The summed E-state index contributed by atoms with van der Waals surface area (Å²) in [5.74, 6) is 0.640. The van der Waals surface area contributed by atoms with Crippen LogP contribution in [0.1, 0.15) is 34.3 Å². The molecule has 1 aliphatic heterocycles. The molecule has 2 amide bonds. The van der Waals surface area contributed by atoms with Gasteiger partial charge < -0.3 is 15.4 Å². The zero-order chi connectivity index (χ0) is 29.1. The standard InChI is InChI=1S/C31H36N4O5S/c1-21-4-12-26(32-30(36)24-9-10-24)18-28(21)22-5-7-23(8-6-22)31(37)33-27-13-11-25(29(19-27)40-2)20-34-14-16-35(17-15-34)41(3,38)39/h4-8,11-13,18-19,24H,9-10,14-17,20H2,1-3H3,(H,32,36)(H,33,37). The Morgan fingerprint density at radius 2 is 1.56 bits per heavy atom. The highest BCUT2D eigenvalue weighted by Crippen LogP contribution is 2.32. The Kier molecular flexibility index (Phi) is 8.44. The molecule has 0 aromatic heterocycles. The lowest BCUT2D eigenvalue weighted by atomic mass is 9.98. The van der Waals surface area contributed by atoms with E-state index < -0.39 is 10.0 Å². The van der Waals surface area contributed by atoms with Crippen molar-refractivity contribution < 1.29 is 22.7 Å². The molecule has 0 atom stereocenters. The Labute approximate surface area is 241 Å². The number of ether oxygens (including phenoxy) is 1. The van der Waals surface area contributed by atoms with Crippen molar-refractivity contribution in [3.8, 4) is 16.9 Å². The summed E-state index contributed by atoms with van der Waals surface area (Å²) in [6.07, 6.45) is 3.15. The van der Waals surface area contributed by atoms with Crippen LogP contribution in [0.5, 0.6) is 5.75 Å². The van der Waals surface area contributed by atoms with Gasteiger partial charge >= 0.3 is 0 Å². The molecule has 0 radical (unpaired) electrons. The molecule has 2 aliphatic rings. The molecule has 5 rings (SSSR count). The second-order valence-electron chi connectivity index (χ2n) is 10.8. The largest absolute Gasteiger partial charge is 0.496 e. The van der Waals surface area contributed by atoms with Gasteiger partial charge in [0.25, 0.3) is 5.91 Å². The SMILES string of the molecule is COc1cc(NC(=O)c2ccc(-c3cc(NC(=O)C4CC4)ccc3C)cc2)ccc1CN1CCN(S(C)(=O)=O)CC1. The van der Waals surface area contributed by atoms with Crippen molar-refractivity contribution >= 4 is 33.2 Å². The van der Waals surface area contributed by atoms with E-state index in [2.05, 4.69) is 15.5 Å². The van der Waals surface area contributed by atoms with E-state index in [1.807, 2.05) is 49.4 Å². The predicted molar refractivity (Wildman–Crippen MR) is 161 cm³/mol. The van der Waals surface area contributed by atoms with Crippen LogP contribution in [0.3, 0.4) is 0 Å². The van der Waals surface area contributed by atoms with Crippen molar-refractivity contribution in [3.05, 3.63) is 77.4 Å². The van der Waals surface area contributed by atoms with Crippen LogP contribution in [0, 0.1) is 12.8 Å². The molecule has 3 aromatic carbocycles. The highest BCUT2D eigenvalue weighted by Gasteiger charge is 2.29. The smallest absolute Gasteiger partial charge is 0.255 e.